The van der Waals surface area contributed by atoms with Gasteiger partial charge in [-0.05, 0) is 65.4 Å². The highest BCUT2D eigenvalue weighted by atomic mass is 16.5. The molecule has 0 saturated heterocycles. The molecule has 40 heavy (non-hydrogen) atoms. The number of hydrogen-bond acceptors (Lipinski definition) is 5. The van der Waals surface area contributed by atoms with Gasteiger partial charge >= 0.3 is 0 Å². The van der Waals surface area contributed by atoms with Crippen LogP contribution in [0.25, 0.3) is 24.3 Å². The van der Waals surface area contributed by atoms with Gasteiger partial charge < -0.3 is 24.6 Å². The minimum Gasteiger partial charge on any atom is -0.508 e. The highest BCUT2D eigenvalue weighted by molar-refractivity contribution is 5.76. The predicted octanol–water partition coefficient (Wildman–Crippen LogP) is 6.76. The van der Waals surface area contributed by atoms with Crippen LogP contribution in [0.1, 0.15) is 54.0 Å². The Morgan fingerprint density at radius 3 is 2.08 bits per heavy atom. The predicted molar refractivity (Wildman–Crippen MR) is 163 cm³/mol. The lowest BCUT2D eigenvalue weighted by Gasteiger charge is -2.09. The first-order valence-electron chi connectivity index (χ1n) is 13.9. The van der Waals surface area contributed by atoms with Crippen molar-refractivity contribution in [3.05, 3.63) is 94.5 Å². The summed E-state index contributed by atoms with van der Waals surface area (Å²) in [4.78, 5) is 11.5. The van der Waals surface area contributed by atoms with Gasteiger partial charge in [0.05, 0.1) is 26.4 Å². The monoisotopic (exact) mass is 543 g/mol. The number of phenols is 1. The molecule has 212 valence electrons. The normalized spacial score (nSPS) is 11.3. The van der Waals surface area contributed by atoms with E-state index in [-0.39, 0.29) is 11.7 Å². The van der Waals surface area contributed by atoms with Gasteiger partial charge in [-0.3, -0.25) is 4.79 Å². The molecular weight excluding hydrogens is 502 g/mol. The Labute approximate surface area is 238 Å². The van der Waals surface area contributed by atoms with Crippen LogP contribution in [-0.2, 0) is 14.3 Å². The van der Waals surface area contributed by atoms with E-state index in [0.29, 0.717) is 46.0 Å². The molecule has 0 aromatic heterocycles. The third-order valence-corrected chi connectivity index (χ3v) is 6.18. The van der Waals surface area contributed by atoms with Crippen molar-refractivity contribution in [2.75, 3.05) is 39.6 Å². The maximum Gasteiger partial charge on any atom is 0.220 e. The topological polar surface area (TPSA) is 77.0 Å². The van der Waals surface area contributed by atoms with Gasteiger partial charge in [-0.2, -0.15) is 0 Å². The highest BCUT2D eigenvalue weighted by Gasteiger charge is 2.00. The number of carbonyl (C=O) groups is 1. The van der Waals surface area contributed by atoms with Crippen LogP contribution in [-0.4, -0.2) is 50.6 Å². The molecule has 0 radical (unpaired) electrons. The Morgan fingerprint density at radius 2 is 1.38 bits per heavy atom. The van der Waals surface area contributed by atoms with E-state index in [1.807, 2.05) is 42.5 Å². The van der Waals surface area contributed by atoms with Crippen LogP contribution in [0.2, 0.25) is 0 Å². The van der Waals surface area contributed by atoms with Gasteiger partial charge in [-0.1, -0.05) is 80.1 Å². The Balaban J connectivity index is 1.31. The van der Waals surface area contributed by atoms with Crippen LogP contribution >= 0.6 is 0 Å². The van der Waals surface area contributed by atoms with Gasteiger partial charge in [0.25, 0.3) is 0 Å². The van der Waals surface area contributed by atoms with Crippen LogP contribution in [0.15, 0.2) is 66.7 Å². The molecular formula is C34H41NO5. The van der Waals surface area contributed by atoms with E-state index in [1.165, 1.54) is 11.1 Å². The first kappa shape index (κ1) is 30.7. The van der Waals surface area contributed by atoms with Gasteiger partial charge in [-0.25, -0.2) is 0 Å². The molecule has 3 aromatic rings. The van der Waals surface area contributed by atoms with Crippen molar-refractivity contribution in [2.45, 2.75) is 33.1 Å². The minimum absolute atomic E-state index is 0.0837. The number of ether oxygens (including phenoxy) is 3. The molecule has 0 bridgehead atoms. The maximum absolute atomic E-state index is 11.5. The zero-order valence-corrected chi connectivity index (χ0v) is 23.6. The van der Waals surface area contributed by atoms with E-state index in [2.05, 4.69) is 55.6 Å². The summed E-state index contributed by atoms with van der Waals surface area (Å²) in [5.74, 6) is 1.16. The maximum atomic E-state index is 11.5. The average Bonchev–Trinajstić information content (AvgIpc) is 2.97. The lowest BCUT2D eigenvalue weighted by Crippen LogP contribution is -2.27. The standard InChI is InChI=1S/C34H41NO5/c1-3-4-5-34(37)35-20-21-38-22-23-39-24-25-40-33-18-12-29(13-19-33)8-14-31-15-9-30(26-27(31)2)7-6-28-10-16-32(36)17-11-28/h6-19,26,36H,3-5,20-25H2,1-2H3,(H,35,37)/b7-6+,14-8+. The quantitative estimate of drug-likeness (QED) is 0.145. The number of hydrogen-bond donors (Lipinski definition) is 2. The molecule has 0 aliphatic rings. The fourth-order valence-corrected chi connectivity index (χ4v) is 3.86. The molecule has 2 N–H and O–H groups in total. The van der Waals surface area contributed by atoms with Crippen molar-refractivity contribution in [3.63, 3.8) is 0 Å². The summed E-state index contributed by atoms with van der Waals surface area (Å²) >= 11 is 0. The molecule has 0 unspecified atom stereocenters. The van der Waals surface area contributed by atoms with E-state index in [4.69, 9.17) is 14.2 Å². The van der Waals surface area contributed by atoms with Crippen LogP contribution in [0, 0.1) is 6.92 Å². The molecule has 3 aromatic carbocycles. The first-order chi connectivity index (χ1) is 19.5. The SMILES string of the molecule is CCCCC(=O)NCCOCCOCCOc1ccc(/C=C/c2ccc(/C=C/c3ccc(O)cc3)cc2C)cc1. The van der Waals surface area contributed by atoms with Crippen LogP contribution in [0.4, 0.5) is 0 Å². The number of rotatable bonds is 17. The van der Waals surface area contributed by atoms with Crippen LogP contribution in [0.5, 0.6) is 11.5 Å². The Kier molecular flexibility index (Phi) is 13.5. The van der Waals surface area contributed by atoms with Crippen molar-refractivity contribution in [1.29, 1.82) is 0 Å². The molecule has 6 heteroatoms. The van der Waals surface area contributed by atoms with Gasteiger partial charge in [0.2, 0.25) is 5.91 Å². The third-order valence-electron chi connectivity index (χ3n) is 6.18. The van der Waals surface area contributed by atoms with E-state index in [0.717, 1.165) is 35.3 Å². The van der Waals surface area contributed by atoms with Crippen molar-refractivity contribution in [2.24, 2.45) is 0 Å². The molecule has 0 spiro atoms. The lowest BCUT2D eigenvalue weighted by atomic mass is 10.0. The summed E-state index contributed by atoms with van der Waals surface area (Å²) in [6.45, 7) is 7.13. The molecule has 3 rings (SSSR count). The smallest absolute Gasteiger partial charge is 0.220 e. The zero-order chi connectivity index (χ0) is 28.4. The summed E-state index contributed by atoms with van der Waals surface area (Å²) in [6, 6.07) is 21.5. The number of phenolic OH excluding ortho intramolecular Hbond substituents is 1. The molecule has 0 aliphatic heterocycles. The Morgan fingerprint density at radius 1 is 0.775 bits per heavy atom. The Hall–Kier alpha value is -3.87. The molecule has 0 fully saturated rings. The molecule has 0 atom stereocenters. The van der Waals surface area contributed by atoms with Gasteiger partial charge in [0.15, 0.2) is 0 Å². The van der Waals surface area contributed by atoms with Crippen molar-refractivity contribution in [3.8, 4) is 11.5 Å². The van der Waals surface area contributed by atoms with Crippen LogP contribution < -0.4 is 10.1 Å². The number of benzene rings is 3. The van der Waals surface area contributed by atoms with Crippen molar-refractivity contribution >= 4 is 30.2 Å². The molecule has 0 saturated carbocycles. The van der Waals surface area contributed by atoms with Gasteiger partial charge in [0.1, 0.15) is 18.1 Å². The van der Waals surface area contributed by atoms with Crippen molar-refractivity contribution < 1.29 is 24.1 Å². The zero-order valence-electron chi connectivity index (χ0n) is 23.6. The summed E-state index contributed by atoms with van der Waals surface area (Å²) < 4.78 is 16.8. The average molecular weight is 544 g/mol. The first-order valence-corrected chi connectivity index (χ1v) is 13.9. The number of unbranched alkanes of at least 4 members (excludes halogenated alkanes) is 1. The number of aryl methyl sites for hydroxylation is 1. The minimum atomic E-state index is 0.0837. The van der Waals surface area contributed by atoms with E-state index < -0.39 is 0 Å². The largest absolute Gasteiger partial charge is 0.508 e. The molecule has 0 heterocycles. The van der Waals surface area contributed by atoms with Crippen molar-refractivity contribution in [1.82, 2.24) is 5.32 Å². The number of nitrogens with one attached hydrogen (secondary N) is 1. The summed E-state index contributed by atoms with van der Waals surface area (Å²) in [5, 5.41) is 12.3. The molecule has 0 aliphatic carbocycles. The second-order valence-corrected chi connectivity index (χ2v) is 9.47. The number of amides is 1. The molecule has 1 amide bonds. The highest BCUT2D eigenvalue weighted by Crippen LogP contribution is 2.19. The molecule has 6 nitrogen and oxygen atoms in total. The third kappa shape index (κ3) is 11.9. The fraction of sp³-hybridized carbons (Fsp3) is 0.324. The lowest BCUT2D eigenvalue weighted by molar-refractivity contribution is -0.121. The fourth-order valence-electron chi connectivity index (χ4n) is 3.86. The van der Waals surface area contributed by atoms with Gasteiger partial charge in [0, 0.05) is 13.0 Å². The summed E-state index contributed by atoms with van der Waals surface area (Å²) in [6.07, 6.45) is 10.8. The number of carbonyl (C=O) groups excluding carboxylic acids is 1. The summed E-state index contributed by atoms with van der Waals surface area (Å²) in [5.41, 5.74) is 5.63. The summed E-state index contributed by atoms with van der Waals surface area (Å²) in [7, 11) is 0. The Bertz CT molecular complexity index is 1220. The van der Waals surface area contributed by atoms with E-state index in [1.54, 1.807) is 12.1 Å². The van der Waals surface area contributed by atoms with Crippen LogP contribution in [0.3, 0.4) is 0 Å². The second kappa shape index (κ2) is 17.7. The van der Waals surface area contributed by atoms with E-state index >= 15 is 0 Å². The second-order valence-electron chi connectivity index (χ2n) is 9.47. The van der Waals surface area contributed by atoms with Gasteiger partial charge in [-0.15, -0.1) is 0 Å². The number of aromatic hydroxyl groups is 1. The van der Waals surface area contributed by atoms with E-state index in [9.17, 15) is 9.90 Å².